The van der Waals surface area contributed by atoms with E-state index in [0.717, 1.165) is 15.5 Å². The maximum absolute atomic E-state index is 3.61. The van der Waals surface area contributed by atoms with Gasteiger partial charge in [-0.3, -0.25) is 0 Å². The van der Waals surface area contributed by atoms with Gasteiger partial charge in [-0.25, -0.2) is 0 Å². The van der Waals surface area contributed by atoms with E-state index in [2.05, 4.69) is 87.4 Å². The fourth-order valence-electron chi connectivity index (χ4n) is 2.01. The Bertz CT molecular complexity index is 586. The van der Waals surface area contributed by atoms with Gasteiger partial charge in [0.2, 0.25) is 0 Å². The van der Waals surface area contributed by atoms with Crippen LogP contribution in [0.1, 0.15) is 25.5 Å². The molecule has 0 amide bonds. The van der Waals surface area contributed by atoms with E-state index in [-0.39, 0.29) is 0 Å². The molecule has 1 atom stereocenters. The second-order valence-corrected chi connectivity index (χ2v) is 7.35. The van der Waals surface area contributed by atoms with Crippen LogP contribution in [0.25, 0.3) is 0 Å². The Hall–Kier alpha value is -0.290. The first-order valence-corrected chi connectivity index (χ1v) is 8.97. The zero-order chi connectivity index (χ0) is 14.5. The van der Waals surface area contributed by atoms with Crippen molar-refractivity contribution < 1.29 is 0 Å². The summed E-state index contributed by atoms with van der Waals surface area (Å²) in [7, 11) is 0. The fraction of sp³-hybridized carbons (Fsp3) is 0.250. The van der Waals surface area contributed by atoms with Gasteiger partial charge in [-0.1, -0.05) is 46.7 Å². The van der Waals surface area contributed by atoms with Crippen molar-refractivity contribution >= 4 is 43.6 Å². The number of hydrogen-bond donors (Lipinski definition) is 1. The van der Waals surface area contributed by atoms with Crippen molar-refractivity contribution in [2.45, 2.75) is 29.7 Å². The Labute approximate surface area is 141 Å². The summed E-state index contributed by atoms with van der Waals surface area (Å²) in [6.07, 6.45) is 0. The summed E-state index contributed by atoms with van der Waals surface area (Å²) in [6, 6.07) is 15.1. The molecule has 0 aliphatic carbocycles. The lowest BCUT2D eigenvalue weighted by atomic mass is 10.1. The third kappa shape index (κ3) is 4.10. The van der Waals surface area contributed by atoms with Crippen LogP contribution in [0.2, 0.25) is 0 Å². The molecule has 0 saturated heterocycles. The normalized spacial score (nSPS) is 12.4. The Balaban J connectivity index is 2.34. The SMILES string of the molecule is CCNC(C)c1cc(Br)ccc1Sc1ccccc1Br. The lowest BCUT2D eigenvalue weighted by Crippen LogP contribution is -2.18. The van der Waals surface area contributed by atoms with Gasteiger partial charge in [0, 0.05) is 24.8 Å². The van der Waals surface area contributed by atoms with Crippen molar-refractivity contribution in [3.63, 3.8) is 0 Å². The molecule has 0 bridgehead atoms. The van der Waals surface area contributed by atoms with Crippen molar-refractivity contribution in [3.05, 3.63) is 57.0 Å². The van der Waals surface area contributed by atoms with Crippen LogP contribution < -0.4 is 5.32 Å². The van der Waals surface area contributed by atoms with E-state index < -0.39 is 0 Å². The summed E-state index contributed by atoms with van der Waals surface area (Å²) < 4.78 is 2.25. The van der Waals surface area contributed by atoms with Crippen LogP contribution >= 0.6 is 43.6 Å². The Kier molecular flexibility index (Phi) is 6.15. The Morgan fingerprint density at radius 2 is 1.85 bits per heavy atom. The van der Waals surface area contributed by atoms with Crippen molar-refractivity contribution in [1.29, 1.82) is 0 Å². The van der Waals surface area contributed by atoms with Gasteiger partial charge < -0.3 is 5.32 Å². The molecule has 2 rings (SSSR count). The van der Waals surface area contributed by atoms with E-state index in [1.54, 1.807) is 11.8 Å². The highest BCUT2D eigenvalue weighted by Gasteiger charge is 2.12. The molecule has 0 aliphatic rings. The first kappa shape index (κ1) is 16.1. The first-order valence-electron chi connectivity index (χ1n) is 6.57. The topological polar surface area (TPSA) is 12.0 Å². The average molecular weight is 415 g/mol. The molecule has 0 radical (unpaired) electrons. The Morgan fingerprint density at radius 3 is 2.55 bits per heavy atom. The molecule has 20 heavy (non-hydrogen) atoms. The van der Waals surface area contributed by atoms with Gasteiger partial charge >= 0.3 is 0 Å². The van der Waals surface area contributed by atoms with E-state index in [4.69, 9.17) is 0 Å². The summed E-state index contributed by atoms with van der Waals surface area (Å²) in [5.41, 5.74) is 1.32. The molecule has 0 aliphatic heterocycles. The summed E-state index contributed by atoms with van der Waals surface area (Å²) in [6.45, 7) is 5.30. The molecule has 4 heteroatoms. The van der Waals surface area contributed by atoms with E-state index in [9.17, 15) is 0 Å². The molecular weight excluding hydrogens is 398 g/mol. The maximum Gasteiger partial charge on any atom is 0.0314 e. The summed E-state index contributed by atoms with van der Waals surface area (Å²) in [4.78, 5) is 2.52. The highest BCUT2D eigenvalue weighted by atomic mass is 79.9. The van der Waals surface area contributed by atoms with Crippen LogP contribution in [0, 0.1) is 0 Å². The summed E-state index contributed by atoms with van der Waals surface area (Å²) in [5, 5.41) is 3.48. The minimum Gasteiger partial charge on any atom is -0.310 e. The van der Waals surface area contributed by atoms with Gasteiger partial charge in [0.1, 0.15) is 0 Å². The highest BCUT2D eigenvalue weighted by molar-refractivity contribution is 9.10. The van der Waals surface area contributed by atoms with E-state index in [1.807, 2.05) is 6.07 Å². The predicted octanol–water partition coefficient (Wildman–Crippen LogP) is 6.03. The lowest BCUT2D eigenvalue weighted by Gasteiger charge is -2.17. The molecule has 0 saturated carbocycles. The Morgan fingerprint density at radius 1 is 1.10 bits per heavy atom. The lowest BCUT2D eigenvalue weighted by molar-refractivity contribution is 0.589. The standard InChI is InChI=1S/C16H17Br2NS/c1-3-19-11(2)13-10-12(17)8-9-15(13)20-16-7-5-4-6-14(16)18/h4-11,19H,3H2,1-2H3. The molecule has 0 spiro atoms. The smallest absolute Gasteiger partial charge is 0.0314 e. The zero-order valence-corrected chi connectivity index (χ0v) is 15.5. The molecule has 2 aromatic rings. The quantitative estimate of drug-likeness (QED) is 0.640. The van der Waals surface area contributed by atoms with Crippen LogP contribution in [0.5, 0.6) is 0 Å². The number of benzene rings is 2. The largest absolute Gasteiger partial charge is 0.310 e. The maximum atomic E-state index is 3.61. The van der Waals surface area contributed by atoms with E-state index in [0.29, 0.717) is 6.04 Å². The van der Waals surface area contributed by atoms with E-state index in [1.165, 1.54) is 15.4 Å². The predicted molar refractivity (Wildman–Crippen MR) is 94.5 cm³/mol. The van der Waals surface area contributed by atoms with E-state index >= 15 is 0 Å². The molecule has 0 heterocycles. The average Bonchev–Trinajstić information content (AvgIpc) is 2.43. The van der Waals surface area contributed by atoms with Gasteiger partial charge in [-0.15, -0.1) is 0 Å². The van der Waals surface area contributed by atoms with Crippen molar-refractivity contribution in [1.82, 2.24) is 5.32 Å². The number of rotatable bonds is 5. The van der Waals surface area contributed by atoms with Crippen LogP contribution in [0.15, 0.2) is 61.2 Å². The van der Waals surface area contributed by atoms with Crippen LogP contribution in [0.3, 0.4) is 0 Å². The second kappa shape index (κ2) is 7.64. The summed E-state index contributed by atoms with van der Waals surface area (Å²) >= 11 is 8.98. The third-order valence-corrected chi connectivity index (χ3v) is 5.62. The van der Waals surface area contributed by atoms with Gasteiger partial charge in [-0.2, -0.15) is 0 Å². The van der Waals surface area contributed by atoms with Crippen LogP contribution in [0.4, 0.5) is 0 Å². The van der Waals surface area contributed by atoms with Gasteiger partial charge in [0.15, 0.2) is 0 Å². The molecule has 0 fully saturated rings. The molecule has 2 aromatic carbocycles. The minimum atomic E-state index is 0.336. The first-order chi connectivity index (χ1) is 9.61. The number of halogens is 2. The van der Waals surface area contributed by atoms with Gasteiger partial charge in [-0.05, 0) is 65.3 Å². The fourth-order valence-corrected chi connectivity index (χ4v) is 3.96. The molecule has 0 aromatic heterocycles. The van der Waals surface area contributed by atoms with Gasteiger partial charge in [0.05, 0.1) is 0 Å². The number of nitrogens with one attached hydrogen (secondary N) is 1. The van der Waals surface area contributed by atoms with Crippen LogP contribution in [-0.4, -0.2) is 6.54 Å². The molecule has 1 N–H and O–H groups in total. The summed E-state index contributed by atoms with van der Waals surface area (Å²) in [5.74, 6) is 0. The molecule has 1 unspecified atom stereocenters. The number of hydrogen-bond acceptors (Lipinski definition) is 2. The molecule has 106 valence electrons. The zero-order valence-electron chi connectivity index (χ0n) is 11.5. The molecular formula is C16H17Br2NS. The van der Waals surface area contributed by atoms with Crippen LogP contribution in [-0.2, 0) is 0 Å². The second-order valence-electron chi connectivity index (χ2n) is 4.49. The van der Waals surface area contributed by atoms with Crippen molar-refractivity contribution in [2.75, 3.05) is 6.54 Å². The van der Waals surface area contributed by atoms with Gasteiger partial charge in [0.25, 0.3) is 0 Å². The third-order valence-electron chi connectivity index (χ3n) is 3.01. The van der Waals surface area contributed by atoms with Crippen molar-refractivity contribution in [3.8, 4) is 0 Å². The minimum absolute atomic E-state index is 0.336. The van der Waals surface area contributed by atoms with Crippen molar-refractivity contribution in [2.24, 2.45) is 0 Å². The monoisotopic (exact) mass is 413 g/mol. The highest BCUT2D eigenvalue weighted by Crippen LogP contribution is 2.38. The molecule has 1 nitrogen and oxygen atoms in total.